The van der Waals surface area contributed by atoms with Crippen LogP contribution in [0.15, 0.2) is 28.4 Å². The van der Waals surface area contributed by atoms with E-state index in [0.717, 1.165) is 15.2 Å². The molecule has 0 saturated carbocycles. The minimum absolute atomic E-state index is 0.626. The summed E-state index contributed by atoms with van der Waals surface area (Å²) in [6.07, 6.45) is 5.11. The lowest BCUT2D eigenvalue weighted by Crippen LogP contribution is -2.03. The number of halogens is 1. The number of hydrogen-bond donors (Lipinski definition) is 2. The standard InChI is InChI=1S/C9H9BrN4S/c10-6-3-12-4-7(11)9(6)14-5-8-13-1-2-15-8/h1-4H,5,11H2,(H,12,14). The second kappa shape index (κ2) is 4.59. The summed E-state index contributed by atoms with van der Waals surface area (Å²) in [6.45, 7) is 0.671. The van der Waals surface area contributed by atoms with Gasteiger partial charge >= 0.3 is 0 Å². The summed E-state index contributed by atoms with van der Waals surface area (Å²) < 4.78 is 0.860. The van der Waals surface area contributed by atoms with Gasteiger partial charge in [-0.3, -0.25) is 4.98 Å². The van der Waals surface area contributed by atoms with Gasteiger partial charge in [-0.25, -0.2) is 4.98 Å². The van der Waals surface area contributed by atoms with Crippen LogP contribution in [-0.4, -0.2) is 9.97 Å². The van der Waals surface area contributed by atoms with Gasteiger partial charge in [0.2, 0.25) is 0 Å². The Bertz CT molecular complexity index is 423. The first-order chi connectivity index (χ1) is 7.27. The second-order valence-electron chi connectivity index (χ2n) is 2.86. The zero-order valence-corrected chi connectivity index (χ0v) is 10.2. The average molecular weight is 285 g/mol. The van der Waals surface area contributed by atoms with Gasteiger partial charge in [0.1, 0.15) is 5.01 Å². The van der Waals surface area contributed by atoms with E-state index in [-0.39, 0.29) is 0 Å². The number of rotatable bonds is 3. The maximum atomic E-state index is 5.79. The largest absolute Gasteiger partial charge is 0.396 e. The first kappa shape index (κ1) is 10.4. The van der Waals surface area contributed by atoms with Gasteiger partial charge in [-0.05, 0) is 15.9 Å². The number of anilines is 2. The van der Waals surface area contributed by atoms with E-state index in [4.69, 9.17) is 5.73 Å². The van der Waals surface area contributed by atoms with Gasteiger partial charge in [-0.15, -0.1) is 11.3 Å². The Labute approximate surface area is 99.7 Å². The maximum absolute atomic E-state index is 5.79. The Morgan fingerprint density at radius 3 is 3.00 bits per heavy atom. The highest BCUT2D eigenvalue weighted by atomic mass is 79.9. The van der Waals surface area contributed by atoms with Crippen molar-refractivity contribution in [3.8, 4) is 0 Å². The molecule has 3 N–H and O–H groups in total. The molecule has 2 heterocycles. The highest BCUT2D eigenvalue weighted by molar-refractivity contribution is 9.10. The average Bonchev–Trinajstić information content (AvgIpc) is 2.70. The summed E-state index contributed by atoms with van der Waals surface area (Å²) in [7, 11) is 0. The summed E-state index contributed by atoms with van der Waals surface area (Å²) in [6, 6.07) is 0. The van der Waals surface area contributed by atoms with Crippen LogP contribution in [0.3, 0.4) is 0 Å². The molecule has 0 aliphatic carbocycles. The summed E-state index contributed by atoms with van der Waals surface area (Å²) >= 11 is 5.00. The number of thiazole rings is 1. The molecule has 15 heavy (non-hydrogen) atoms. The first-order valence-corrected chi connectivity index (χ1v) is 5.96. The molecule has 0 fully saturated rings. The molecule has 2 rings (SSSR count). The van der Waals surface area contributed by atoms with Gasteiger partial charge in [0.05, 0.1) is 28.6 Å². The molecular formula is C9H9BrN4S. The Morgan fingerprint density at radius 2 is 2.33 bits per heavy atom. The van der Waals surface area contributed by atoms with Gasteiger partial charge in [0.15, 0.2) is 0 Å². The molecular weight excluding hydrogens is 276 g/mol. The first-order valence-electron chi connectivity index (χ1n) is 4.28. The lowest BCUT2D eigenvalue weighted by molar-refractivity contribution is 1.10. The van der Waals surface area contributed by atoms with E-state index in [1.807, 2.05) is 5.38 Å². The number of nitrogens with one attached hydrogen (secondary N) is 1. The third kappa shape index (κ3) is 2.45. The van der Waals surface area contributed by atoms with E-state index < -0.39 is 0 Å². The molecule has 78 valence electrons. The van der Waals surface area contributed by atoms with Crippen LogP contribution in [0, 0.1) is 0 Å². The summed E-state index contributed by atoms with van der Waals surface area (Å²) in [4.78, 5) is 8.14. The molecule has 0 bridgehead atoms. The summed E-state index contributed by atoms with van der Waals surface area (Å²) in [5.74, 6) is 0. The Morgan fingerprint density at radius 1 is 1.47 bits per heavy atom. The predicted molar refractivity (Wildman–Crippen MR) is 65.8 cm³/mol. The Balaban J connectivity index is 2.11. The van der Waals surface area contributed by atoms with Crippen molar-refractivity contribution in [3.63, 3.8) is 0 Å². The molecule has 0 radical (unpaired) electrons. The summed E-state index contributed by atoms with van der Waals surface area (Å²) in [5, 5.41) is 6.19. The van der Waals surface area contributed by atoms with Crippen LogP contribution in [0.2, 0.25) is 0 Å². The zero-order valence-electron chi connectivity index (χ0n) is 7.77. The zero-order chi connectivity index (χ0) is 10.7. The van der Waals surface area contributed by atoms with Gasteiger partial charge in [0.25, 0.3) is 0 Å². The van der Waals surface area contributed by atoms with Crippen molar-refractivity contribution < 1.29 is 0 Å². The number of pyridine rings is 1. The number of aromatic nitrogens is 2. The van der Waals surface area contributed by atoms with Crippen molar-refractivity contribution in [2.75, 3.05) is 11.1 Å². The molecule has 0 aromatic carbocycles. The Kier molecular flexibility index (Phi) is 3.17. The molecule has 0 aliphatic rings. The van der Waals surface area contributed by atoms with E-state index in [1.165, 1.54) is 0 Å². The van der Waals surface area contributed by atoms with Crippen LogP contribution in [0.5, 0.6) is 0 Å². The fraction of sp³-hybridized carbons (Fsp3) is 0.111. The van der Waals surface area contributed by atoms with Gasteiger partial charge in [0, 0.05) is 17.8 Å². The molecule has 0 amide bonds. The molecule has 6 heteroatoms. The molecule has 0 unspecified atom stereocenters. The Hall–Kier alpha value is -1.14. The van der Waals surface area contributed by atoms with Crippen molar-refractivity contribution in [2.24, 2.45) is 0 Å². The number of hydrogen-bond acceptors (Lipinski definition) is 5. The van der Waals surface area contributed by atoms with Crippen molar-refractivity contribution >= 4 is 38.6 Å². The van der Waals surface area contributed by atoms with Crippen molar-refractivity contribution in [1.82, 2.24) is 9.97 Å². The number of nitrogen functional groups attached to an aromatic ring is 1. The third-order valence-electron chi connectivity index (χ3n) is 1.83. The van der Waals surface area contributed by atoms with Crippen LogP contribution in [0.1, 0.15) is 5.01 Å². The normalized spacial score (nSPS) is 10.2. The second-order valence-corrected chi connectivity index (χ2v) is 4.70. The van der Waals surface area contributed by atoms with Crippen molar-refractivity contribution in [1.29, 1.82) is 0 Å². The van der Waals surface area contributed by atoms with Crippen LogP contribution in [0.4, 0.5) is 11.4 Å². The number of nitrogens with two attached hydrogens (primary N) is 1. The molecule has 0 spiro atoms. The maximum Gasteiger partial charge on any atom is 0.112 e. The predicted octanol–water partition coefficient (Wildman–Crippen LogP) is 2.49. The molecule has 2 aromatic heterocycles. The highest BCUT2D eigenvalue weighted by Gasteiger charge is 2.04. The molecule has 0 saturated heterocycles. The van der Waals surface area contributed by atoms with Crippen LogP contribution < -0.4 is 11.1 Å². The fourth-order valence-corrected chi connectivity index (χ4v) is 2.18. The smallest absolute Gasteiger partial charge is 0.112 e. The van der Waals surface area contributed by atoms with Crippen LogP contribution in [0.25, 0.3) is 0 Å². The van der Waals surface area contributed by atoms with E-state index in [9.17, 15) is 0 Å². The van der Waals surface area contributed by atoms with Crippen LogP contribution in [-0.2, 0) is 6.54 Å². The number of nitrogens with zero attached hydrogens (tertiary/aromatic N) is 2. The topological polar surface area (TPSA) is 63.8 Å². The fourth-order valence-electron chi connectivity index (χ4n) is 1.14. The van der Waals surface area contributed by atoms with E-state index in [2.05, 4.69) is 31.2 Å². The minimum atomic E-state index is 0.626. The molecule has 4 nitrogen and oxygen atoms in total. The van der Waals surface area contributed by atoms with Crippen LogP contribution >= 0.6 is 27.3 Å². The van der Waals surface area contributed by atoms with Crippen molar-refractivity contribution in [2.45, 2.75) is 6.54 Å². The van der Waals surface area contributed by atoms with Gasteiger partial charge in [-0.1, -0.05) is 0 Å². The van der Waals surface area contributed by atoms with Gasteiger partial charge in [-0.2, -0.15) is 0 Å². The summed E-state index contributed by atoms with van der Waals surface area (Å²) in [5.41, 5.74) is 7.28. The highest BCUT2D eigenvalue weighted by Crippen LogP contribution is 2.27. The van der Waals surface area contributed by atoms with Gasteiger partial charge < -0.3 is 11.1 Å². The van der Waals surface area contributed by atoms with Crippen molar-refractivity contribution in [3.05, 3.63) is 33.5 Å². The lowest BCUT2D eigenvalue weighted by Gasteiger charge is -2.08. The van der Waals surface area contributed by atoms with E-state index in [1.54, 1.807) is 29.9 Å². The lowest BCUT2D eigenvalue weighted by atomic mass is 10.3. The minimum Gasteiger partial charge on any atom is -0.396 e. The quantitative estimate of drug-likeness (QED) is 0.909. The van der Waals surface area contributed by atoms with E-state index >= 15 is 0 Å². The molecule has 0 atom stereocenters. The van der Waals surface area contributed by atoms with E-state index in [0.29, 0.717) is 12.2 Å². The molecule has 0 aliphatic heterocycles. The SMILES string of the molecule is Nc1cncc(Br)c1NCc1nccs1. The molecule has 2 aromatic rings. The monoisotopic (exact) mass is 284 g/mol. The third-order valence-corrected chi connectivity index (χ3v) is 3.21.